The molecule has 0 N–H and O–H groups in total. The molecule has 0 spiro atoms. The number of aliphatic carboxylic acids is 1. The first-order valence-corrected chi connectivity index (χ1v) is 5.36. The molecular weight excluding hydrogens is 301 g/mol. The van der Waals surface area contributed by atoms with E-state index in [9.17, 15) is 14.7 Å². The molecule has 0 unspecified atom stereocenters. The molecule has 1 aromatic heterocycles. The van der Waals surface area contributed by atoms with Crippen molar-refractivity contribution in [3.05, 3.63) is 33.2 Å². The van der Waals surface area contributed by atoms with Crippen LogP contribution in [0.5, 0.6) is 0 Å². The van der Waals surface area contributed by atoms with E-state index in [1.165, 1.54) is 4.57 Å². The quantitative estimate of drug-likeness (QED) is 0.588. The van der Waals surface area contributed by atoms with Gasteiger partial charge in [0.2, 0.25) is 0 Å². The molecule has 0 bridgehead atoms. The number of carboxylic acid groups (broad SMARTS) is 1. The number of rotatable bonds is 3. The number of oxazole rings is 1. The third-order valence-corrected chi connectivity index (χ3v) is 2.66. The summed E-state index contributed by atoms with van der Waals surface area (Å²) < 4.78 is 7.04. The molecule has 0 saturated heterocycles. The number of carbonyl (C=O) groups is 1. The van der Waals surface area contributed by atoms with Gasteiger partial charge >= 0.3 is 35.3 Å². The summed E-state index contributed by atoms with van der Waals surface area (Å²) in [5, 5.41) is 10.3. The Bertz CT molecular complexity index is 604. The maximum atomic E-state index is 11.4. The Balaban J connectivity index is 0.00000144. The number of nitrogens with zero attached hydrogens (tertiary/aromatic N) is 1. The van der Waals surface area contributed by atoms with Gasteiger partial charge in [-0.25, -0.2) is 4.79 Å². The maximum absolute atomic E-state index is 11.4. The Morgan fingerprint density at radius 2 is 2.18 bits per heavy atom. The molecule has 0 atom stereocenters. The number of aryl methyl sites for hydroxylation is 1. The molecule has 2 rings (SSSR count). The van der Waals surface area contributed by atoms with E-state index in [-0.39, 0.29) is 42.5 Å². The molecule has 0 radical (unpaired) electrons. The standard InChI is InChI=1S/C10H8BrNO4.Na/c11-6-1-2-7-8(5-6)16-10(15)12(7)4-3-9(13)14;/h1-2,5H,3-4H2,(H,13,14);/q;+1/p-1. The second kappa shape index (κ2) is 5.86. The van der Waals surface area contributed by atoms with E-state index in [2.05, 4.69) is 15.9 Å². The number of carboxylic acids is 1. The molecule has 84 valence electrons. The zero-order valence-electron chi connectivity index (χ0n) is 9.10. The van der Waals surface area contributed by atoms with Crippen molar-refractivity contribution in [1.82, 2.24) is 4.57 Å². The number of benzene rings is 1. The van der Waals surface area contributed by atoms with E-state index in [1.807, 2.05) is 0 Å². The van der Waals surface area contributed by atoms with Gasteiger partial charge in [-0.1, -0.05) is 15.9 Å². The Morgan fingerprint density at radius 3 is 2.82 bits per heavy atom. The van der Waals surface area contributed by atoms with Crippen molar-refractivity contribution >= 4 is 33.0 Å². The number of carbonyl (C=O) groups excluding carboxylic acids is 1. The molecule has 7 heteroatoms. The molecule has 1 aromatic carbocycles. The van der Waals surface area contributed by atoms with Gasteiger partial charge in [-0.15, -0.1) is 0 Å². The summed E-state index contributed by atoms with van der Waals surface area (Å²) in [6.07, 6.45) is -0.218. The van der Waals surface area contributed by atoms with E-state index in [4.69, 9.17) is 4.42 Å². The van der Waals surface area contributed by atoms with Crippen LogP contribution >= 0.6 is 15.9 Å². The third kappa shape index (κ3) is 3.22. The van der Waals surface area contributed by atoms with Crippen molar-refractivity contribution in [1.29, 1.82) is 0 Å². The summed E-state index contributed by atoms with van der Waals surface area (Å²) in [7, 11) is 0. The van der Waals surface area contributed by atoms with Crippen molar-refractivity contribution in [3.63, 3.8) is 0 Å². The van der Waals surface area contributed by atoms with Gasteiger partial charge < -0.3 is 14.3 Å². The van der Waals surface area contributed by atoms with E-state index in [0.717, 1.165) is 4.47 Å². The fourth-order valence-electron chi connectivity index (χ4n) is 1.46. The maximum Gasteiger partial charge on any atom is 1.00 e. The minimum atomic E-state index is -1.20. The molecule has 0 fully saturated rings. The van der Waals surface area contributed by atoms with Gasteiger partial charge in [0.1, 0.15) is 0 Å². The fourth-order valence-corrected chi connectivity index (χ4v) is 1.80. The Labute approximate surface area is 127 Å². The topological polar surface area (TPSA) is 75.3 Å². The van der Waals surface area contributed by atoms with E-state index >= 15 is 0 Å². The second-order valence-corrected chi connectivity index (χ2v) is 4.17. The zero-order chi connectivity index (χ0) is 11.7. The first-order valence-electron chi connectivity index (χ1n) is 4.56. The third-order valence-electron chi connectivity index (χ3n) is 2.17. The van der Waals surface area contributed by atoms with Gasteiger partial charge in [-0.2, -0.15) is 0 Å². The summed E-state index contributed by atoms with van der Waals surface area (Å²) in [5.74, 6) is -1.76. The van der Waals surface area contributed by atoms with Crippen LogP contribution in [0.1, 0.15) is 6.42 Å². The molecular formula is C10H7BrNNaO4. The molecule has 0 amide bonds. The van der Waals surface area contributed by atoms with E-state index in [1.54, 1.807) is 18.2 Å². The average Bonchev–Trinajstić information content (AvgIpc) is 2.50. The summed E-state index contributed by atoms with van der Waals surface area (Å²) in [4.78, 5) is 21.8. The molecule has 0 aliphatic heterocycles. The van der Waals surface area contributed by atoms with E-state index < -0.39 is 11.7 Å². The minimum Gasteiger partial charge on any atom is -0.550 e. The Kier molecular flexibility index (Phi) is 5.00. The van der Waals surface area contributed by atoms with Crippen molar-refractivity contribution in [2.75, 3.05) is 0 Å². The Morgan fingerprint density at radius 1 is 1.47 bits per heavy atom. The molecule has 5 nitrogen and oxygen atoms in total. The number of hydrogen-bond donors (Lipinski definition) is 0. The van der Waals surface area contributed by atoms with Gasteiger partial charge in [0.05, 0.1) is 5.52 Å². The summed E-state index contributed by atoms with van der Waals surface area (Å²) in [5.41, 5.74) is 1.01. The van der Waals surface area contributed by atoms with Crippen LogP contribution in [-0.2, 0) is 11.3 Å². The van der Waals surface area contributed by atoms with Crippen LogP contribution in [0.25, 0.3) is 11.1 Å². The van der Waals surface area contributed by atoms with Crippen LogP contribution in [0, 0.1) is 0 Å². The van der Waals surface area contributed by atoms with Crippen molar-refractivity contribution < 1.29 is 43.9 Å². The first kappa shape index (κ1) is 14.5. The van der Waals surface area contributed by atoms with Gasteiger partial charge in [0.15, 0.2) is 5.58 Å². The SMILES string of the molecule is O=C([O-])CCn1c(=O)oc2cc(Br)ccc21.[Na+]. The van der Waals surface area contributed by atoms with Crippen molar-refractivity contribution in [2.24, 2.45) is 0 Å². The van der Waals surface area contributed by atoms with Crippen molar-refractivity contribution in [2.45, 2.75) is 13.0 Å². The first-order chi connectivity index (χ1) is 7.58. The summed E-state index contributed by atoms with van der Waals surface area (Å²) in [6.45, 7) is 0.0514. The number of aromatic nitrogens is 1. The largest absolute Gasteiger partial charge is 1.00 e. The van der Waals surface area contributed by atoms with Crippen molar-refractivity contribution in [3.8, 4) is 0 Å². The van der Waals surface area contributed by atoms with E-state index in [0.29, 0.717) is 11.1 Å². The zero-order valence-corrected chi connectivity index (χ0v) is 12.7. The van der Waals surface area contributed by atoms with Crippen LogP contribution in [0.3, 0.4) is 0 Å². The van der Waals surface area contributed by atoms with Crippen LogP contribution in [0.2, 0.25) is 0 Å². The van der Waals surface area contributed by atoms with Gasteiger partial charge in [0.25, 0.3) is 0 Å². The molecule has 17 heavy (non-hydrogen) atoms. The molecule has 2 aromatic rings. The second-order valence-electron chi connectivity index (χ2n) is 3.25. The summed E-state index contributed by atoms with van der Waals surface area (Å²) >= 11 is 3.25. The summed E-state index contributed by atoms with van der Waals surface area (Å²) in [6, 6.07) is 5.11. The number of hydrogen-bond acceptors (Lipinski definition) is 4. The smallest absolute Gasteiger partial charge is 0.550 e. The van der Waals surface area contributed by atoms with Crippen LogP contribution in [0.4, 0.5) is 0 Å². The van der Waals surface area contributed by atoms with Gasteiger partial charge in [-0.05, 0) is 18.2 Å². The molecule has 1 heterocycles. The Hall–Kier alpha value is -0.560. The monoisotopic (exact) mass is 307 g/mol. The average molecular weight is 308 g/mol. The fraction of sp³-hybridized carbons (Fsp3) is 0.200. The number of fused-ring (bicyclic) bond motifs is 1. The normalized spacial score (nSPS) is 10.2. The minimum absolute atomic E-state index is 0. The van der Waals surface area contributed by atoms with Crippen LogP contribution in [0.15, 0.2) is 31.9 Å². The predicted molar refractivity (Wildman–Crippen MR) is 57.8 cm³/mol. The predicted octanol–water partition coefficient (Wildman–Crippen LogP) is -2.50. The van der Waals surface area contributed by atoms with Crippen LogP contribution in [-0.4, -0.2) is 10.5 Å². The number of halogens is 1. The molecule has 0 saturated carbocycles. The molecule has 0 aliphatic rings. The van der Waals surface area contributed by atoms with Gasteiger partial charge in [-0.3, -0.25) is 4.57 Å². The molecule has 0 aliphatic carbocycles. The van der Waals surface area contributed by atoms with Gasteiger partial charge in [0, 0.05) is 23.4 Å². The van der Waals surface area contributed by atoms with Crippen LogP contribution < -0.4 is 40.4 Å².